The lowest BCUT2D eigenvalue weighted by Crippen LogP contribution is -2.33. The molecule has 0 aliphatic heterocycles. The molecule has 0 bridgehead atoms. The molecular weight excluding hydrogens is 250 g/mol. The molecule has 2 N–H and O–H groups in total. The Bertz CT molecular complexity index is 447. The second kappa shape index (κ2) is 6.84. The van der Waals surface area contributed by atoms with Gasteiger partial charge in [-0.25, -0.2) is 0 Å². The summed E-state index contributed by atoms with van der Waals surface area (Å²) in [6, 6.07) is 2.68. The molecule has 0 aliphatic carbocycles. The van der Waals surface area contributed by atoms with Crippen LogP contribution in [0.25, 0.3) is 0 Å². The summed E-state index contributed by atoms with van der Waals surface area (Å²) in [6.07, 6.45) is 0.288. The Balaban J connectivity index is 3.08. The van der Waals surface area contributed by atoms with Crippen LogP contribution in [0.1, 0.15) is 5.56 Å². The number of benzene rings is 1. The molecule has 1 atom stereocenters. The van der Waals surface area contributed by atoms with E-state index >= 15 is 0 Å². The van der Waals surface area contributed by atoms with Crippen LogP contribution in [0.5, 0.6) is 17.2 Å². The largest absolute Gasteiger partial charge is 0.496 e. The van der Waals surface area contributed by atoms with Gasteiger partial charge in [0.05, 0.1) is 28.4 Å². The topological polar surface area (TPSA) is 80.0 Å². The second-order valence-electron chi connectivity index (χ2n) is 3.85. The molecule has 1 rings (SSSR count). The first-order valence-corrected chi connectivity index (χ1v) is 5.69. The molecular formula is C13H19NO5. The third kappa shape index (κ3) is 3.51. The summed E-state index contributed by atoms with van der Waals surface area (Å²) in [4.78, 5) is 11.3. The van der Waals surface area contributed by atoms with Crippen LogP contribution in [-0.4, -0.2) is 40.5 Å². The average Bonchev–Trinajstić information content (AvgIpc) is 2.45. The van der Waals surface area contributed by atoms with Gasteiger partial charge < -0.3 is 24.7 Å². The van der Waals surface area contributed by atoms with Crippen molar-refractivity contribution in [1.82, 2.24) is 0 Å². The quantitative estimate of drug-likeness (QED) is 0.768. The van der Waals surface area contributed by atoms with Gasteiger partial charge in [0, 0.05) is 18.1 Å². The second-order valence-corrected chi connectivity index (χ2v) is 3.85. The van der Waals surface area contributed by atoms with Gasteiger partial charge in [0.2, 0.25) is 0 Å². The smallest absolute Gasteiger partial charge is 0.322 e. The van der Waals surface area contributed by atoms with E-state index in [0.717, 1.165) is 5.56 Å². The maximum Gasteiger partial charge on any atom is 0.322 e. The number of hydrogen-bond donors (Lipinski definition) is 1. The number of methoxy groups -OCH3 is 4. The highest BCUT2D eigenvalue weighted by atomic mass is 16.5. The van der Waals surface area contributed by atoms with E-state index in [-0.39, 0.29) is 6.42 Å². The van der Waals surface area contributed by atoms with Gasteiger partial charge in [-0.2, -0.15) is 0 Å². The number of rotatable bonds is 6. The molecule has 0 heterocycles. The number of nitrogens with two attached hydrogens (primary N) is 1. The first-order valence-electron chi connectivity index (χ1n) is 5.69. The Morgan fingerprint density at radius 3 is 2.05 bits per heavy atom. The third-order valence-electron chi connectivity index (χ3n) is 2.73. The number of esters is 1. The van der Waals surface area contributed by atoms with Crippen molar-refractivity contribution in [2.24, 2.45) is 5.73 Å². The van der Waals surface area contributed by atoms with Crippen LogP contribution in [-0.2, 0) is 16.0 Å². The van der Waals surface area contributed by atoms with Crippen molar-refractivity contribution in [1.29, 1.82) is 0 Å². The van der Waals surface area contributed by atoms with Crippen LogP contribution in [0.15, 0.2) is 12.1 Å². The highest BCUT2D eigenvalue weighted by molar-refractivity contribution is 5.76. The first-order chi connectivity index (χ1) is 9.07. The molecule has 0 aliphatic rings. The highest BCUT2D eigenvalue weighted by Gasteiger charge is 2.19. The molecule has 1 unspecified atom stereocenters. The van der Waals surface area contributed by atoms with Crippen LogP contribution in [0.3, 0.4) is 0 Å². The molecule has 0 fully saturated rings. The van der Waals surface area contributed by atoms with Crippen molar-refractivity contribution in [3.8, 4) is 17.2 Å². The summed E-state index contributed by atoms with van der Waals surface area (Å²) in [7, 11) is 5.91. The van der Waals surface area contributed by atoms with E-state index in [4.69, 9.17) is 19.9 Å². The monoisotopic (exact) mass is 269 g/mol. The number of carbonyl (C=O) groups excluding carboxylic acids is 1. The van der Waals surface area contributed by atoms with Crippen molar-refractivity contribution in [2.45, 2.75) is 12.5 Å². The zero-order valence-corrected chi connectivity index (χ0v) is 11.6. The summed E-state index contributed by atoms with van der Waals surface area (Å²) in [6.45, 7) is 0. The van der Waals surface area contributed by atoms with Gasteiger partial charge in [-0.1, -0.05) is 0 Å². The Morgan fingerprint density at radius 1 is 1.05 bits per heavy atom. The minimum Gasteiger partial charge on any atom is -0.496 e. The Labute approximate surface area is 112 Å². The van der Waals surface area contributed by atoms with Crippen molar-refractivity contribution in [3.05, 3.63) is 17.7 Å². The average molecular weight is 269 g/mol. The molecule has 0 spiro atoms. The van der Waals surface area contributed by atoms with Gasteiger partial charge >= 0.3 is 5.97 Å². The number of ether oxygens (including phenoxy) is 4. The van der Waals surface area contributed by atoms with Gasteiger partial charge in [0.1, 0.15) is 11.8 Å². The lowest BCUT2D eigenvalue weighted by Gasteiger charge is -2.16. The van der Waals surface area contributed by atoms with Gasteiger partial charge in [0.15, 0.2) is 11.5 Å². The summed E-state index contributed by atoms with van der Waals surface area (Å²) in [5.74, 6) is 1.21. The minimum absolute atomic E-state index is 0.288. The molecule has 19 heavy (non-hydrogen) atoms. The van der Waals surface area contributed by atoms with E-state index < -0.39 is 12.0 Å². The van der Waals surface area contributed by atoms with Crippen LogP contribution in [0.4, 0.5) is 0 Å². The lowest BCUT2D eigenvalue weighted by atomic mass is 10.0. The van der Waals surface area contributed by atoms with Gasteiger partial charge in [-0.3, -0.25) is 4.79 Å². The van der Waals surface area contributed by atoms with Gasteiger partial charge in [-0.15, -0.1) is 0 Å². The molecule has 106 valence electrons. The van der Waals surface area contributed by atoms with E-state index in [2.05, 4.69) is 4.74 Å². The van der Waals surface area contributed by atoms with Crippen LogP contribution < -0.4 is 19.9 Å². The fourth-order valence-corrected chi connectivity index (χ4v) is 1.72. The van der Waals surface area contributed by atoms with E-state index in [1.54, 1.807) is 12.1 Å². The summed E-state index contributed by atoms with van der Waals surface area (Å²) < 4.78 is 20.2. The zero-order valence-electron chi connectivity index (χ0n) is 11.6. The fraction of sp³-hybridized carbons (Fsp3) is 0.462. The van der Waals surface area contributed by atoms with Crippen molar-refractivity contribution in [2.75, 3.05) is 28.4 Å². The molecule has 1 aromatic rings. The summed E-state index contributed by atoms with van der Waals surface area (Å²) in [5, 5.41) is 0. The van der Waals surface area contributed by atoms with Crippen LogP contribution >= 0.6 is 0 Å². The van der Waals surface area contributed by atoms with E-state index in [9.17, 15) is 4.79 Å². The number of carbonyl (C=O) groups is 1. The van der Waals surface area contributed by atoms with Crippen LogP contribution in [0.2, 0.25) is 0 Å². The highest BCUT2D eigenvalue weighted by Crippen LogP contribution is 2.35. The van der Waals surface area contributed by atoms with Crippen LogP contribution in [0, 0.1) is 0 Å². The Morgan fingerprint density at radius 2 is 1.58 bits per heavy atom. The van der Waals surface area contributed by atoms with Crippen molar-refractivity contribution >= 4 is 5.97 Å². The molecule has 1 aromatic carbocycles. The summed E-state index contributed by atoms with van der Waals surface area (Å²) >= 11 is 0. The van der Waals surface area contributed by atoms with Gasteiger partial charge in [-0.05, 0) is 6.07 Å². The first kappa shape index (κ1) is 15.1. The maximum atomic E-state index is 11.3. The molecule has 6 nitrogen and oxygen atoms in total. The predicted octanol–water partition coefficient (Wildman–Crippen LogP) is 0.755. The minimum atomic E-state index is -0.753. The Kier molecular flexibility index (Phi) is 5.44. The standard InChI is InChI=1S/C13H19NO5/c1-16-10-7-12(18-3)11(17-2)6-8(10)5-9(14)13(15)19-4/h6-7,9H,5,14H2,1-4H3. The van der Waals surface area contributed by atoms with E-state index in [1.165, 1.54) is 28.4 Å². The van der Waals surface area contributed by atoms with Crippen molar-refractivity contribution < 1.29 is 23.7 Å². The number of hydrogen-bond acceptors (Lipinski definition) is 6. The van der Waals surface area contributed by atoms with Gasteiger partial charge in [0.25, 0.3) is 0 Å². The molecule has 0 radical (unpaired) electrons. The molecule has 0 aromatic heterocycles. The summed E-state index contributed by atoms with van der Waals surface area (Å²) in [5.41, 5.74) is 6.49. The van der Waals surface area contributed by atoms with E-state index in [1.807, 2.05) is 0 Å². The van der Waals surface area contributed by atoms with Crippen molar-refractivity contribution in [3.63, 3.8) is 0 Å². The molecule has 6 heteroatoms. The zero-order chi connectivity index (χ0) is 14.4. The molecule has 0 saturated heterocycles. The Hall–Kier alpha value is -1.95. The maximum absolute atomic E-state index is 11.3. The lowest BCUT2D eigenvalue weighted by molar-refractivity contribution is -0.142. The molecule has 0 amide bonds. The fourth-order valence-electron chi connectivity index (χ4n) is 1.72. The predicted molar refractivity (Wildman–Crippen MR) is 69.8 cm³/mol. The third-order valence-corrected chi connectivity index (χ3v) is 2.73. The molecule has 0 saturated carbocycles. The SMILES string of the molecule is COC(=O)C(N)Cc1cc(OC)c(OC)cc1OC. The van der Waals surface area contributed by atoms with E-state index in [0.29, 0.717) is 17.2 Å². The normalized spacial score (nSPS) is 11.6.